The number of H-pyrrole nitrogens is 1. The maximum atomic E-state index is 12.7. The van der Waals surface area contributed by atoms with Gasteiger partial charge in [-0.05, 0) is 55.0 Å². The largest absolute Gasteiger partial charge is 0.332 e. The molecule has 3 aromatic rings. The summed E-state index contributed by atoms with van der Waals surface area (Å²) >= 11 is 11.3. The molecular formula is C20H20ClN3O2S. The fourth-order valence-corrected chi connectivity index (χ4v) is 3.36. The molecule has 2 aromatic carbocycles. The van der Waals surface area contributed by atoms with Gasteiger partial charge in [0, 0.05) is 22.8 Å². The third-order valence-electron chi connectivity index (χ3n) is 4.31. The molecule has 0 aliphatic rings. The molecule has 140 valence electrons. The number of hydrogen-bond acceptors (Lipinski definition) is 3. The van der Waals surface area contributed by atoms with Crippen molar-refractivity contribution in [3.63, 3.8) is 0 Å². The molecule has 0 atom stereocenters. The Hall–Kier alpha value is -2.44. The molecule has 0 saturated heterocycles. The molecule has 27 heavy (non-hydrogen) atoms. The lowest BCUT2D eigenvalue weighted by atomic mass is 10.1. The fraction of sp³-hybridized carbons (Fsp3) is 0.250. The minimum absolute atomic E-state index is 0.133. The molecule has 0 saturated carbocycles. The number of rotatable bonds is 6. The predicted molar refractivity (Wildman–Crippen MR) is 112 cm³/mol. The van der Waals surface area contributed by atoms with Gasteiger partial charge in [0.2, 0.25) is 0 Å². The van der Waals surface area contributed by atoms with Crippen molar-refractivity contribution in [3.8, 4) is 0 Å². The standard InChI is InChI=1S/C20H20ClN3O2S/c1-2-3-4-10-24-19(26)16-9-8-13(11-17(16)23-20(24)27)18(25)22-15-7-5-6-14(21)12-15/h5-9,11-12H,2-4,10H2,1H3,(H,22,25)(H,23,27). The smallest absolute Gasteiger partial charge is 0.262 e. The molecule has 1 amide bonds. The second kappa shape index (κ2) is 8.50. The first-order chi connectivity index (χ1) is 13.0. The van der Waals surface area contributed by atoms with Crippen LogP contribution in [-0.4, -0.2) is 15.5 Å². The second-order valence-corrected chi connectivity index (χ2v) is 7.14. The van der Waals surface area contributed by atoms with E-state index in [0.29, 0.717) is 38.5 Å². The molecule has 0 radical (unpaired) electrons. The molecule has 0 fully saturated rings. The summed E-state index contributed by atoms with van der Waals surface area (Å²) in [5.74, 6) is -0.286. The number of carbonyl (C=O) groups is 1. The van der Waals surface area contributed by atoms with Gasteiger partial charge in [0.15, 0.2) is 4.77 Å². The minimum atomic E-state index is -0.286. The first-order valence-electron chi connectivity index (χ1n) is 8.83. The highest BCUT2D eigenvalue weighted by molar-refractivity contribution is 7.71. The van der Waals surface area contributed by atoms with Crippen LogP contribution in [0.1, 0.15) is 36.5 Å². The van der Waals surface area contributed by atoms with Crippen molar-refractivity contribution in [2.45, 2.75) is 32.7 Å². The van der Waals surface area contributed by atoms with Crippen molar-refractivity contribution >= 4 is 46.3 Å². The lowest BCUT2D eigenvalue weighted by Crippen LogP contribution is -2.22. The molecule has 1 heterocycles. The van der Waals surface area contributed by atoms with E-state index in [9.17, 15) is 9.59 Å². The number of amides is 1. The summed E-state index contributed by atoms with van der Waals surface area (Å²) in [4.78, 5) is 28.3. The number of carbonyl (C=O) groups excluding carboxylic acids is 1. The molecule has 0 bridgehead atoms. The van der Waals surface area contributed by atoms with E-state index in [1.807, 2.05) is 0 Å². The van der Waals surface area contributed by atoms with E-state index in [2.05, 4.69) is 17.2 Å². The second-order valence-electron chi connectivity index (χ2n) is 6.32. The number of benzene rings is 2. The number of unbranched alkanes of at least 4 members (excludes halogenated alkanes) is 2. The topological polar surface area (TPSA) is 66.9 Å². The van der Waals surface area contributed by atoms with Crippen LogP contribution in [0.4, 0.5) is 5.69 Å². The molecular weight excluding hydrogens is 382 g/mol. The Morgan fingerprint density at radius 3 is 2.78 bits per heavy atom. The summed E-state index contributed by atoms with van der Waals surface area (Å²) in [6.07, 6.45) is 3.02. The molecule has 1 aromatic heterocycles. The van der Waals surface area contributed by atoms with Crippen LogP contribution in [-0.2, 0) is 6.54 Å². The number of halogens is 1. The normalized spacial score (nSPS) is 10.9. The van der Waals surface area contributed by atoms with Crippen molar-refractivity contribution < 1.29 is 4.79 Å². The third kappa shape index (κ3) is 4.46. The van der Waals surface area contributed by atoms with E-state index in [4.69, 9.17) is 23.8 Å². The number of aromatic amines is 1. The third-order valence-corrected chi connectivity index (χ3v) is 4.87. The Morgan fingerprint density at radius 1 is 1.22 bits per heavy atom. The average molecular weight is 402 g/mol. The van der Waals surface area contributed by atoms with E-state index in [1.54, 1.807) is 47.0 Å². The Morgan fingerprint density at radius 2 is 2.04 bits per heavy atom. The van der Waals surface area contributed by atoms with Gasteiger partial charge < -0.3 is 10.3 Å². The van der Waals surface area contributed by atoms with E-state index >= 15 is 0 Å². The van der Waals surface area contributed by atoms with Crippen LogP contribution >= 0.6 is 23.8 Å². The van der Waals surface area contributed by atoms with Gasteiger partial charge in [0.05, 0.1) is 10.9 Å². The van der Waals surface area contributed by atoms with Crippen LogP contribution in [0, 0.1) is 4.77 Å². The quantitative estimate of drug-likeness (QED) is 0.443. The predicted octanol–water partition coefficient (Wildman–Crippen LogP) is 5.15. The number of anilines is 1. The van der Waals surface area contributed by atoms with Crippen LogP contribution in [0.3, 0.4) is 0 Å². The van der Waals surface area contributed by atoms with Gasteiger partial charge >= 0.3 is 0 Å². The van der Waals surface area contributed by atoms with Gasteiger partial charge in [-0.25, -0.2) is 0 Å². The number of aromatic nitrogens is 2. The lowest BCUT2D eigenvalue weighted by molar-refractivity contribution is 0.102. The Labute approximate surface area is 167 Å². The van der Waals surface area contributed by atoms with Crippen LogP contribution in [0.15, 0.2) is 47.3 Å². The number of nitrogens with one attached hydrogen (secondary N) is 2. The van der Waals surface area contributed by atoms with Crippen LogP contribution < -0.4 is 10.9 Å². The van der Waals surface area contributed by atoms with Crippen molar-refractivity contribution in [2.24, 2.45) is 0 Å². The molecule has 5 nitrogen and oxygen atoms in total. The fourth-order valence-electron chi connectivity index (χ4n) is 2.89. The van der Waals surface area contributed by atoms with Crippen molar-refractivity contribution in [3.05, 3.63) is 68.2 Å². The monoisotopic (exact) mass is 401 g/mol. The first-order valence-corrected chi connectivity index (χ1v) is 9.62. The van der Waals surface area contributed by atoms with E-state index in [-0.39, 0.29) is 11.5 Å². The van der Waals surface area contributed by atoms with Crippen LogP contribution in [0.25, 0.3) is 10.9 Å². The number of hydrogen-bond donors (Lipinski definition) is 2. The molecule has 0 spiro atoms. The summed E-state index contributed by atoms with van der Waals surface area (Å²) in [5.41, 5.74) is 1.45. The average Bonchev–Trinajstić information content (AvgIpc) is 2.64. The number of fused-ring (bicyclic) bond motifs is 1. The van der Waals surface area contributed by atoms with Gasteiger partial charge in [0.25, 0.3) is 11.5 Å². The summed E-state index contributed by atoms with van der Waals surface area (Å²) in [6.45, 7) is 2.70. The highest BCUT2D eigenvalue weighted by Gasteiger charge is 2.11. The molecule has 0 aliphatic carbocycles. The van der Waals surface area contributed by atoms with Gasteiger partial charge in [-0.2, -0.15) is 0 Å². The molecule has 2 N–H and O–H groups in total. The summed E-state index contributed by atoms with van der Waals surface area (Å²) < 4.78 is 1.95. The van der Waals surface area contributed by atoms with Gasteiger partial charge in [-0.15, -0.1) is 0 Å². The Balaban J connectivity index is 1.91. The SMILES string of the molecule is CCCCCn1c(=S)[nH]c2cc(C(=O)Nc3cccc(Cl)c3)ccc2c1=O. The van der Waals surface area contributed by atoms with E-state index in [0.717, 1.165) is 19.3 Å². The van der Waals surface area contributed by atoms with E-state index < -0.39 is 0 Å². The summed E-state index contributed by atoms with van der Waals surface area (Å²) in [5, 5.41) is 3.85. The zero-order chi connectivity index (χ0) is 19.4. The zero-order valence-corrected chi connectivity index (χ0v) is 16.5. The van der Waals surface area contributed by atoms with Gasteiger partial charge in [0.1, 0.15) is 0 Å². The molecule has 3 rings (SSSR count). The van der Waals surface area contributed by atoms with Gasteiger partial charge in [-0.3, -0.25) is 14.2 Å². The van der Waals surface area contributed by atoms with E-state index in [1.165, 1.54) is 0 Å². The maximum absolute atomic E-state index is 12.7. The Bertz CT molecular complexity index is 1100. The van der Waals surface area contributed by atoms with Crippen molar-refractivity contribution in [1.29, 1.82) is 0 Å². The van der Waals surface area contributed by atoms with Crippen LogP contribution in [0.5, 0.6) is 0 Å². The molecule has 7 heteroatoms. The van der Waals surface area contributed by atoms with Gasteiger partial charge in [-0.1, -0.05) is 37.4 Å². The highest BCUT2D eigenvalue weighted by atomic mass is 35.5. The first kappa shape index (κ1) is 19.3. The molecule has 0 unspecified atom stereocenters. The highest BCUT2D eigenvalue weighted by Crippen LogP contribution is 2.17. The Kier molecular flexibility index (Phi) is 6.08. The van der Waals surface area contributed by atoms with Crippen molar-refractivity contribution in [1.82, 2.24) is 9.55 Å². The van der Waals surface area contributed by atoms with Crippen LogP contribution in [0.2, 0.25) is 5.02 Å². The zero-order valence-electron chi connectivity index (χ0n) is 14.9. The minimum Gasteiger partial charge on any atom is -0.332 e. The number of nitrogens with zero attached hydrogens (tertiary/aromatic N) is 1. The van der Waals surface area contributed by atoms with Crippen molar-refractivity contribution in [2.75, 3.05) is 5.32 Å². The molecule has 0 aliphatic heterocycles. The summed E-state index contributed by atoms with van der Waals surface area (Å²) in [7, 11) is 0. The maximum Gasteiger partial charge on any atom is 0.262 e. The lowest BCUT2D eigenvalue weighted by Gasteiger charge is -2.09. The summed E-state index contributed by atoms with van der Waals surface area (Å²) in [6, 6.07) is 11.9.